The van der Waals surface area contributed by atoms with Gasteiger partial charge in [-0.15, -0.1) is 6.58 Å². The van der Waals surface area contributed by atoms with Crippen LogP contribution in [0.5, 0.6) is 0 Å². The smallest absolute Gasteiger partial charge is 0.229 e. The van der Waals surface area contributed by atoms with E-state index >= 15 is 0 Å². The van der Waals surface area contributed by atoms with Gasteiger partial charge in [-0.3, -0.25) is 4.90 Å². The van der Waals surface area contributed by atoms with Crippen LogP contribution in [0.2, 0.25) is 5.02 Å². The number of aromatic nitrogens is 2. The molecule has 0 radical (unpaired) electrons. The first-order chi connectivity index (χ1) is 19.7. The average Bonchev–Trinajstić information content (AvgIpc) is 2.88. The van der Waals surface area contributed by atoms with Gasteiger partial charge in [0.05, 0.1) is 28.7 Å². The van der Waals surface area contributed by atoms with Gasteiger partial charge in [0, 0.05) is 36.5 Å². The summed E-state index contributed by atoms with van der Waals surface area (Å²) >= 11 is 6.53. The summed E-state index contributed by atoms with van der Waals surface area (Å²) < 4.78 is 32.9. The number of allylic oxidation sites excluding steroid dienone is 5. The van der Waals surface area contributed by atoms with E-state index in [0.29, 0.717) is 23.4 Å². The maximum Gasteiger partial charge on any atom is 0.229 e. The molecule has 1 fully saturated rings. The predicted octanol–water partition coefficient (Wildman–Crippen LogP) is 7.48. The number of ether oxygens (including phenoxy) is 1. The molecule has 1 aromatic heterocycles. The van der Waals surface area contributed by atoms with Crippen molar-refractivity contribution >= 4 is 33.2 Å². The van der Waals surface area contributed by atoms with Gasteiger partial charge in [0.25, 0.3) is 0 Å². The van der Waals surface area contributed by atoms with Gasteiger partial charge in [0.1, 0.15) is 10.8 Å². The third-order valence-electron chi connectivity index (χ3n) is 7.68. The maximum atomic E-state index is 13.3. The quantitative estimate of drug-likeness (QED) is 0.174. The topological polar surface area (TPSA) is 96.5 Å². The summed E-state index contributed by atoms with van der Waals surface area (Å²) in [6.45, 7) is 22.3. The van der Waals surface area contributed by atoms with Gasteiger partial charge in [-0.2, -0.15) is 4.98 Å². The van der Waals surface area contributed by atoms with Gasteiger partial charge in [-0.05, 0) is 65.7 Å². The molecule has 3 rings (SSSR count). The molecule has 1 aliphatic carbocycles. The summed E-state index contributed by atoms with van der Waals surface area (Å²) in [5.41, 5.74) is 2.68. The molecule has 1 unspecified atom stereocenters. The fourth-order valence-electron chi connectivity index (χ4n) is 5.79. The molecule has 2 N–H and O–H groups in total. The number of piperidine rings is 1. The van der Waals surface area contributed by atoms with Crippen LogP contribution in [0.3, 0.4) is 0 Å². The standard InChI is InChI=1S/C32H48ClN5O3S/c1-10-13-26(29(14-11-2)42(39,40)20-21(4)5)35-30-25(33)19-34-31(37-30)36-27-17-23-15-16-38(12-3)32(8,9)24(23)18-28(27)41-22(6)7/h10-11,14,17,19,21-22,24H,1,12-13,15-16,18,20H2,2-9H3,(H2,34,35,36,37)/b14-11-,29-26-. The molecule has 0 aromatic carbocycles. The van der Waals surface area contributed by atoms with E-state index in [1.807, 2.05) is 27.7 Å². The summed E-state index contributed by atoms with van der Waals surface area (Å²) in [5, 5.41) is 6.84. The third kappa shape index (κ3) is 8.05. The van der Waals surface area contributed by atoms with Gasteiger partial charge in [-0.25, -0.2) is 13.4 Å². The molecule has 42 heavy (non-hydrogen) atoms. The Morgan fingerprint density at radius 1 is 1.31 bits per heavy atom. The minimum atomic E-state index is -3.57. The Bertz CT molecular complexity index is 1380. The van der Waals surface area contributed by atoms with E-state index in [2.05, 4.69) is 58.9 Å². The van der Waals surface area contributed by atoms with Crippen molar-refractivity contribution < 1.29 is 13.2 Å². The maximum absolute atomic E-state index is 13.3. The first-order valence-electron chi connectivity index (χ1n) is 14.8. The molecule has 0 bridgehead atoms. The molecule has 1 aromatic rings. The zero-order valence-electron chi connectivity index (χ0n) is 26.4. The Labute approximate surface area is 258 Å². The van der Waals surface area contributed by atoms with Crippen molar-refractivity contribution in [1.82, 2.24) is 14.9 Å². The number of likely N-dealkylation sites (tertiary alicyclic amines) is 1. The molecule has 0 amide bonds. The molecule has 232 valence electrons. The first kappa shape index (κ1) is 33.9. The number of hydrogen-bond donors (Lipinski definition) is 2. The Morgan fingerprint density at radius 2 is 2.02 bits per heavy atom. The van der Waals surface area contributed by atoms with Gasteiger partial charge in [0.2, 0.25) is 5.95 Å². The van der Waals surface area contributed by atoms with E-state index < -0.39 is 9.84 Å². The van der Waals surface area contributed by atoms with Crippen molar-refractivity contribution in [2.45, 2.75) is 86.3 Å². The van der Waals surface area contributed by atoms with Crippen LogP contribution < -0.4 is 10.6 Å². The van der Waals surface area contributed by atoms with Crippen LogP contribution in [0.25, 0.3) is 0 Å². The molecule has 2 aliphatic rings. The number of rotatable bonds is 13. The van der Waals surface area contributed by atoms with Crippen molar-refractivity contribution in [3.05, 3.63) is 69.7 Å². The Kier molecular flexibility index (Phi) is 11.5. The second-order valence-corrected chi connectivity index (χ2v) is 14.5. The highest BCUT2D eigenvalue weighted by atomic mass is 35.5. The highest BCUT2D eigenvalue weighted by Crippen LogP contribution is 2.44. The molecular weight excluding hydrogens is 570 g/mol. The van der Waals surface area contributed by atoms with Gasteiger partial charge >= 0.3 is 0 Å². The Hall–Kier alpha value is -2.62. The minimum absolute atomic E-state index is 0.00789. The summed E-state index contributed by atoms with van der Waals surface area (Å²) in [6, 6.07) is 0. The lowest BCUT2D eigenvalue weighted by atomic mass is 9.71. The number of sulfone groups is 1. The second kappa shape index (κ2) is 14.2. The molecule has 1 saturated heterocycles. The van der Waals surface area contributed by atoms with E-state index in [-0.39, 0.29) is 39.7 Å². The van der Waals surface area contributed by atoms with Crippen LogP contribution in [0.1, 0.15) is 74.7 Å². The zero-order valence-corrected chi connectivity index (χ0v) is 28.0. The second-order valence-electron chi connectivity index (χ2n) is 12.1. The van der Waals surface area contributed by atoms with Crippen molar-refractivity contribution in [3.63, 3.8) is 0 Å². The molecule has 0 saturated carbocycles. The van der Waals surface area contributed by atoms with Crippen molar-refractivity contribution in [2.24, 2.45) is 11.8 Å². The Balaban J connectivity index is 2.01. The third-order valence-corrected chi connectivity index (χ3v) is 10.1. The normalized spacial score (nSPS) is 20.0. The van der Waals surface area contributed by atoms with E-state index in [9.17, 15) is 8.42 Å². The van der Waals surface area contributed by atoms with Gasteiger partial charge in [0.15, 0.2) is 15.7 Å². The SMILES string of the molecule is C=CC/C(Nc1nc(NC2=C(OC(C)C)CC3C(=C2)CCN(CC)C3(C)C)ncc1Cl)=C(\C=C/C)S(=O)(=O)CC(C)C. The molecule has 0 spiro atoms. The molecule has 1 aliphatic heterocycles. The Morgan fingerprint density at radius 3 is 2.62 bits per heavy atom. The van der Waals surface area contributed by atoms with Gasteiger partial charge in [-0.1, -0.05) is 50.1 Å². The fourth-order valence-corrected chi connectivity index (χ4v) is 7.84. The van der Waals surface area contributed by atoms with Crippen molar-refractivity contribution in [2.75, 3.05) is 29.5 Å². The lowest BCUT2D eigenvalue weighted by molar-refractivity contribution is 0.0411. The summed E-state index contributed by atoms with van der Waals surface area (Å²) in [4.78, 5) is 11.8. The number of hydrogen-bond acceptors (Lipinski definition) is 8. The summed E-state index contributed by atoms with van der Waals surface area (Å²) in [5.74, 6) is 1.85. The lowest BCUT2D eigenvalue weighted by Crippen LogP contribution is -2.54. The van der Waals surface area contributed by atoms with E-state index in [1.165, 1.54) is 11.8 Å². The minimum Gasteiger partial charge on any atom is -0.493 e. The number of nitrogens with zero attached hydrogens (tertiary/aromatic N) is 3. The number of nitrogens with one attached hydrogen (secondary N) is 2. The predicted molar refractivity (Wildman–Crippen MR) is 175 cm³/mol. The van der Waals surface area contributed by atoms with Crippen LogP contribution in [0.4, 0.5) is 11.8 Å². The lowest BCUT2D eigenvalue weighted by Gasteiger charge is -2.50. The van der Waals surface area contributed by atoms with E-state index in [4.69, 9.17) is 16.3 Å². The molecule has 8 nitrogen and oxygen atoms in total. The van der Waals surface area contributed by atoms with Crippen LogP contribution in [0.15, 0.2) is 64.7 Å². The van der Waals surface area contributed by atoms with Crippen LogP contribution >= 0.6 is 11.6 Å². The number of anilines is 2. The molecule has 2 heterocycles. The number of halogens is 1. The zero-order chi connectivity index (χ0) is 31.2. The largest absolute Gasteiger partial charge is 0.493 e. The summed E-state index contributed by atoms with van der Waals surface area (Å²) in [7, 11) is -3.57. The number of fused-ring (bicyclic) bond motifs is 1. The van der Waals surface area contributed by atoms with Crippen molar-refractivity contribution in [1.29, 1.82) is 0 Å². The van der Waals surface area contributed by atoms with Crippen molar-refractivity contribution in [3.8, 4) is 0 Å². The van der Waals surface area contributed by atoms with Crippen LogP contribution in [-0.2, 0) is 14.6 Å². The van der Waals surface area contributed by atoms with E-state index in [1.54, 1.807) is 25.2 Å². The van der Waals surface area contributed by atoms with Crippen LogP contribution in [-0.4, -0.2) is 53.8 Å². The molecular formula is C32H48ClN5O3S. The highest BCUT2D eigenvalue weighted by molar-refractivity contribution is 7.95. The molecule has 10 heteroatoms. The monoisotopic (exact) mass is 617 g/mol. The first-order valence-corrected chi connectivity index (χ1v) is 16.9. The highest BCUT2D eigenvalue weighted by Gasteiger charge is 2.43. The van der Waals surface area contributed by atoms with Crippen LogP contribution in [0, 0.1) is 11.8 Å². The fraction of sp³-hybridized carbons (Fsp3) is 0.562. The summed E-state index contributed by atoms with van der Waals surface area (Å²) in [6.07, 6.45) is 10.7. The average molecular weight is 618 g/mol. The molecule has 1 atom stereocenters. The van der Waals surface area contributed by atoms with E-state index in [0.717, 1.165) is 37.4 Å². The van der Waals surface area contributed by atoms with Gasteiger partial charge < -0.3 is 15.4 Å².